The minimum Gasteiger partial charge on any atom is -0.446 e. The normalized spacial score (nSPS) is 26.6. The fourth-order valence-electron chi connectivity index (χ4n) is 3.62. The SMILES string of the molecule is C=CPOCc1nc([C@H]2OC(=C)C[C@@H](C[C@H]3CC(=C)C[C@H](CCOB=[P+]=S)O3)O2)co1. The van der Waals surface area contributed by atoms with Crippen LogP contribution in [-0.4, -0.2) is 36.7 Å². The Morgan fingerprint density at radius 1 is 1.26 bits per heavy atom. The van der Waals surface area contributed by atoms with Crippen molar-refractivity contribution < 1.29 is 27.8 Å². The summed E-state index contributed by atoms with van der Waals surface area (Å²) in [7, 11) is 0.197. The first-order chi connectivity index (χ1) is 15.1. The maximum absolute atomic E-state index is 6.28. The van der Waals surface area contributed by atoms with Crippen molar-refractivity contribution in [3.63, 3.8) is 0 Å². The van der Waals surface area contributed by atoms with E-state index in [4.69, 9.17) is 39.6 Å². The number of oxazole rings is 1. The van der Waals surface area contributed by atoms with Crippen LogP contribution < -0.4 is 0 Å². The summed E-state index contributed by atoms with van der Waals surface area (Å²) < 4.78 is 34.4. The van der Waals surface area contributed by atoms with Gasteiger partial charge in [-0.05, 0) is 5.82 Å². The smallest absolute Gasteiger partial charge is 0.446 e. The van der Waals surface area contributed by atoms with Crippen molar-refractivity contribution in [1.82, 2.24) is 4.98 Å². The number of aromatic nitrogens is 1. The number of hydrogen-bond acceptors (Lipinski definition) is 8. The summed E-state index contributed by atoms with van der Waals surface area (Å²) in [4.78, 5) is 4.41. The first-order valence-electron chi connectivity index (χ1n) is 10.1. The second-order valence-electron chi connectivity index (χ2n) is 7.37. The van der Waals surface area contributed by atoms with Crippen molar-refractivity contribution >= 4 is 34.3 Å². The van der Waals surface area contributed by atoms with Crippen LogP contribution in [0.25, 0.3) is 0 Å². The van der Waals surface area contributed by atoms with Crippen molar-refractivity contribution in [2.75, 3.05) is 6.61 Å². The van der Waals surface area contributed by atoms with Gasteiger partial charge in [0.2, 0.25) is 5.89 Å². The van der Waals surface area contributed by atoms with Gasteiger partial charge in [-0.25, -0.2) is 0 Å². The first-order valence-corrected chi connectivity index (χ1v) is 13.0. The van der Waals surface area contributed by atoms with E-state index in [0.717, 1.165) is 25.7 Å². The molecule has 31 heavy (non-hydrogen) atoms. The third-order valence-corrected chi connectivity index (χ3v) is 5.81. The summed E-state index contributed by atoms with van der Waals surface area (Å²) in [5.74, 6) is 2.83. The number of nitrogens with zero attached hydrogens (tertiary/aromatic N) is 1. The van der Waals surface area contributed by atoms with Crippen LogP contribution in [0.5, 0.6) is 0 Å². The third-order valence-electron chi connectivity index (χ3n) is 4.84. The number of ether oxygens (including phenoxy) is 3. The monoisotopic (exact) mass is 482 g/mol. The van der Waals surface area contributed by atoms with Crippen molar-refractivity contribution in [2.24, 2.45) is 0 Å². The summed E-state index contributed by atoms with van der Waals surface area (Å²) in [5, 5.41) is 0. The van der Waals surface area contributed by atoms with Crippen LogP contribution in [0.4, 0.5) is 0 Å². The second kappa shape index (κ2) is 13.1. The standard InChI is InChI=1S/C20H27BNO6P2S/c1-4-29-25-12-19-22-18(11-23-19)20-26-14(3)9-17(28-20)10-16-8-13(2)7-15(27-16)5-6-24-21-30-31/h4,11,15-17,20,29H,1-3,5-10,12H2/q+1/t15-,16+,17-,20-/m0/s1. The van der Waals surface area contributed by atoms with Crippen LogP contribution in [0.1, 0.15) is 50.0 Å². The third kappa shape index (κ3) is 8.25. The van der Waals surface area contributed by atoms with Gasteiger partial charge in [-0.1, -0.05) is 6.58 Å². The van der Waals surface area contributed by atoms with Crippen LogP contribution in [0.15, 0.2) is 47.6 Å². The average Bonchev–Trinajstić information content (AvgIpc) is 3.20. The molecule has 166 valence electrons. The molecule has 3 rings (SSSR count). The molecule has 0 aromatic carbocycles. The van der Waals surface area contributed by atoms with Crippen molar-refractivity contribution in [1.29, 1.82) is 0 Å². The average molecular weight is 482 g/mol. The van der Waals surface area contributed by atoms with Gasteiger partial charge in [-0.2, -0.15) is 0 Å². The Morgan fingerprint density at radius 2 is 2.06 bits per heavy atom. The fourth-order valence-corrected chi connectivity index (χ4v) is 4.29. The second-order valence-corrected chi connectivity index (χ2v) is 9.36. The van der Waals surface area contributed by atoms with E-state index in [-0.39, 0.29) is 33.7 Å². The topological polar surface area (TPSA) is 72.2 Å². The molecule has 0 bridgehead atoms. The maximum atomic E-state index is 6.28. The molecular formula is C20H27BNO6P2S+. The Morgan fingerprint density at radius 3 is 2.87 bits per heavy atom. The number of hydrogen-bond donors (Lipinski definition) is 0. The molecule has 2 aliphatic heterocycles. The van der Waals surface area contributed by atoms with Gasteiger partial charge in [0.05, 0.1) is 0 Å². The van der Waals surface area contributed by atoms with Gasteiger partial charge in [-0.3, -0.25) is 0 Å². The van der Waals surface area contributed by atoms with Crippen molar-refractivity contribution in [2.45, 2.75) is 63.3 Å². The first kappa shape index (κ1) is 24.8. The van der Waals surface area contributed by atoms with Gasteiger partial charge in [-0.15, -0.1) is 0 Å². The predicted molar refractivity (Wildman–Crippen MR) is 125 cm³/mol. The summed E-state index contributed by atoms with van der Waals surface area (Å²) in [6.45, 7) is 15.0. The van der Waals surface area contributed by atoms with Crippen LogP contribution in [0, 0.1) is 0 Å². The molecule has 0 N–H and O–H groups in total. The Bertz CT molecular complexity index is 830. The molecular weight excluding hydrogens is 455 g/mol. The van der Waals surface area contributed by atoms with Gasteiger partial charge in [0.1, 0.15) is 6.61 Å². The Kier molecular flexibility index (Phi) is 10.5. The molecule has 3 heterocycles. The van der Waals surface area contributed by atoms with E-state index < -0.39 is 6.29 Å². The van der Waals surface area contributed by atoms with E-state index in [9.17, 15) is 0 Å². The molecule has 0 saturated carbocycles. The molecule has 1 aromatic heterocycles. The molecule has 2 saturated heterocycles. The van der Waals surface area contributed by atoms with Gasteiger partial charge in [0.15, 0.2) is 0 Å². The van der Waals surface area contributed by atoms with Gasteiger partial charge in [0, 0.05) is 8.81 Å². The molecule has 1 unspecified atom stereocenters. The van der Waals surface area contributed by atoms with Crippen LogP contribution in [0.3, 0.4) is 0 Å². The molecule has 0 amide bonds. The zero-order chi connectivity index (χ0) is 22.1. The number of rotatable bonds is 11. The van der Waals surface area contributed by atoms with Crippen molar-refractivity contribution in [3.8, 4) is 0 Å². The van der Waals surface area contributed by atoms with Gasteiger partial charge >= 0.3 is 149 Å². The molecule has 1 aromatic rings. The molecule has 7 nitrogen and oxygen atoms in total. The molecule has 5 atom stereocenters. The van der Waals surface area contributed by atoms with E-state index in [1.807, 2.05) is 0 Å². The van der Waals surface area contributed by atoms with E-state index in [0.29, 0.717) is 37.2 Å². The quantitative estimate of drug-likeness (QED) is 0.187. The summed E-state index contributed by atoms with van der Waals surface area (Å²) >= 11 is 4.83. The molecule has 2 aliphatic rings. The zero-order valence-corrected chi connectivity index (χ0v) is 20.1. The van der Waals surface area contributed by atoms with Crippen molar-refractivity contribution in [3.05, 3.63) is 54.7 Å². The molecule has 0 spiro atoms. The van der Waals surface area contributed by atoms with E-state index in [1.165, 1.54) is 11.8 Å². The Balaban J connectivity index is 1.53. The minimum atomic E-state index is -0.658. The van der Waals surface area contributed by atoms with Crippen LogP contribution >= 0.6 is 15.7 Å². The summed E-state index contributed by atoms with van der Waals surface area (Å²) in [5.41, 5.74) is 1.75. The molecule has 0 radical (unpaired) electrons. The summed E-state index contributed by atoms with van der Waals surface area (Å²) in [6, 6.07) is 0. The van der Waals surface area contributed by atoms with Crippen LogP contribution in [0.2, 0.25) is 0 Å². The van der Waals surface area contributed by atoms with Gasteiger partial charge in [0.25, 0.3) is 0 Å². The zero-order valence-electron chi connectivity index (χ0n) is 17.4. The minimum absolute atomic E-state index is 0.0324. The molecule has 2 fully saturated rings. The molecule has 11 heteroatoms. The Hall–Kier alpha value is -0.785. The van der Waals surface area contributed by atoms with Crippen LogP contribution in [-0.2, 0) is 41.8 Å². The fraction of sp³-hybridized carbons (Fsp3) is 0.550. The van der Waals surface area contributed by atoms with Gasteiger partial charge < -0.3 is 8.94 Å². The van der Waals surface area contributed by atoms with E-state index in [1.54, 1.807) is 12.6 Å². The summed E-state index contributed by atoms with van der Waals surface area (Å²) in [6.07, 6.45) is 4.71. The van der Waals surface area contributed by atoms with E-state index >= 15 is 0 Å². The Labute approximate surface area is 191 Å². The van der Waals surface area contributed by atoms with E-state index in [2.05, 4.69) is 24.7 Å². The molecule has 0 aliphatic carbocycles. The predicted octanol–water partition coefficient (Wildman–Crippen LogP) is 5.09.